The Bertz CT molecular complexity index is 402. The Balaban J connectivity index is 2.07. The Morgan fingerprint density at radius 1 is 1.30 bits per heavy atom. The molecule has 0 amide bonds. The number of hydrogen-bond donors (Lipinski definition) is 1. The van der Waals surface area contributed by atoms with Gasteiger partial charge in [-0.05, 0) is 29.9 Å². The largest absolute Gasteiger partial charge is 0.383 e. The van der Waals surface area contributed by atoms with Gasteiger partial charge in [-0.15, -0.1) is 0 Å². The zero-order chi connectivity index (χ0) is 14.5. The lowest BCUT2D eigenvalue weighted by molar-refractivity contribution is 0.139. The third kappa shape index (κ3) is 3.81. The van der Waals surface area contributed by atoms with Crippen LogP contribution < -0.4 is 5.73 Å². The number of methoxy groups -OCH3 is 1. The highest BCUT2D eigenvalue weighted by Crippen LogP contribution is 2.31. The molecule has 0 saturated carbocycles. The molecule has 2 N–H and O–H groups in total. The van der Waals surface area contributed by atoms with Crippen molar-refractivity contribution in [3.8, 4) is 0 Å². The van der Waals surface area contributed by atoms with Crippen LogP contribution in [-0.4, -0.2) is 37.7 Å². The molecule has 0 aliphatic carbocycles. The van der Waals surface area contributed by atoms with Gasteiger partial charge >= 0.3 is 0 Å². The Morgan fingerprint density at radius 3 is 2.60 bits per heavy atom. The average molecular weight is 276 g/mol. The van der Waals surface area contributed by atoms with Gasteiger partial charge in [0.2, 0.25) is 0 Å². The van der Waals surface area contributed by atoms with Gasteiger partial charge in [-0.3, -0.25) is 4.90 Å². The summed E-state index contributed by atoms with van der Waals surface area (Å²) >= 11 is 0. The number of hydrogen-bond acceptors (Lipinski definition) is 3. The Labute approximate surface area is 123 Å². The van der Waals surface area contributed by atoms with Crippen LogP contribution in [0.5, 0.6) is 0 Å². The van der Waals surface area contributed by atoms with Crippen LogP contribution in [0.2, 0.25) is 0 Å². The van der Waals surface area contributed by atoms with Crippen LogP contribution in [0.3, 0.4) is 0 Å². The van der Waals surface area contributed by atoms with Crippen molar-refractivity contribution in [1.29, 1.82) is 0 Å². The Morgan fingerprint density at radius 2 is 2.00 bits per heavy atom. The van der Waals surface area contributed by atoms with E-state index in [-0.39, 0.29) is 6.04 Å². The molecule has 3 heteroatoms. The van der Waals surface area contributed by atoms with E-state index in [0.717, 1.165) is 32.5 Å². The molecule has 1 heterocycles. The first-order valence-corrected chi connectivity index (χ1v) is 7.69. The zero-order valence-corrected chi connectivity index (χ0v) is 13.0. The molecular formula is C17H28N2O. The van der Waals surface area contributed by atoms with Gasteiger partial charge in [-0.1, -0.05) is 38.1 Å². The van der Waals surface area contributed by atoms with Crippen LogP contribution in [0.4, 0.5) is 0 Å². The minimum absolute atomic E-state index is 0.239. The van der Waals surface area contributed by atoms with Crippen molar-refractivity contribution >= 4 is 0 Å². The molecule has 112 valence electrons. The molecule has 0 aromatic heterocycles. The summed E-state index contributed by atoms with van der Waals surface area (Å²) in [4.78, 5) is 2.45. The fourth-order valence-corrected chi connectivity index (χ4v) is 3.12. The predicted molar refractivity (Wildman–Crippen MR) is 83.8 cm³/mol. The van der Waals surface area contributed by atoms with Crippen LogP contribution in [0, 0.1) is 5.92 Å². The first-order chi connectivity index (χ1) is 9.61. The van der Waals surface area contributed by atoms with Crippen LogP contribution in [0.25, 0.3) is 0 Å². The first-order valence-electron chi connectivity index (χ1n) is 7.69. The fraction of sp³-hybridized carbons (Fsp3) is 0.647. The smallest absolute Gasteiger partial charge is 0.0589 e. The van der Waals surface area contributed by atoms with Crippen molar-refractivity contribution in [2.75, 3.05) is 26.8 Å². The van der Waals surface area contributed by atoms with Crippen molar-refractivity contribution in [2.24, 2.45) is 11.7 Å². The molecule has 2 rings (SSSR count). The third-order valence-electron chi connectivity index (χ3n) is 4.10. The summed E-state index contributed by atoms with van der Waals surface area (Å²) in [5.41, 5.74) is 9.07. The monoisotopic (exact) mass is 276 g/mol. The molecule has 1 aromatic rings. The zero-order valence-electron chi connectivity index (χ0n) is 13.0. The van der Waals surface area contributed by atoms with Crippen molar-refractivity contribution < 1.29 is 4.74 Å². The maximum atomic E-state index is 6.31. The average Bonchev–Trinajstić information content (AvgIpc) is 2.78. The van der Waals surface area contributed by atoms with Crippen molar-refractivity contribution in [2.45, 2.75) is 38.8 Å². The summed E-state index contributed by atoms with van der Waals surface area (Å²) in [6.45, 7) is 7.32. The quantitative estimate of drug-likeness (QED) is 0.868. The molecule has 2 atom stereocenters. The molecule has 1 fully saturated rings. The second kappa shape index (κ2) is 7.21. The van der Waals surface area contributed by atoms with Crippen LogP contribution in [0.15, 0.2) is 24.3 Å². The second-order valence-corrected chi connectivity index (χ2v) is 6.27. The van der Waals surface area contributed by atoms with E-state index in [1.165, 1.54) is 11.1 Å². The Kier molecular flexibility index (Phi) is 5.58. The standard InChI is InChI=1S/C17H28N2O/c1-13(2)12-14-4-6-15(7-5-14)17-16(18)8-9-19(17)10-11-20-3/h4-7,13,16-17H,8-12,18H2,1-3H3. The van der Waals surface area contributed by atoms with Gasteiger partial charge in [-0.25, -0.2) is 0 Å². The molecule has 1 aromatic carbocycles. The highest BCUT2D eigenvalue weighted by molar-refractivity contribution is 5.27. The van der Waals surface area contributed by atoms with Gasteiger partial charge < -0.3 is 10.5 Å². The summed E-state index contributed by atoms with van der Waals surface area (Å²) in [7, 11) is 1.76. The van der Waals surface area contributed by atoms with E-state index in [1.54, 1.807) is 7.11 Å². The molecule has 1 aliphatic heterocycles. The van der Waals surface area contributed by atoms with E-state index in [9.17, 15) is 0 Å². The predicted octanol–water partition coefficient (Wildman–Crippen LogP) is 2.61. The van der Waals surface area contributed by atoms with Crippen molar-refractivity contribution in [3.05, 3.63) is 35.4 Å². The van der Waals surface area contributed by atoms with E-state index >= 15 is 0 Å². The number of benzene rings is 1. The third-order valence-corrected chi connectivity index (χ3v) is 4.10. The molecule has 1 aliphatic rings. The van der Waals surface area contributed by atoms with E-state index < -0.39 is 0 Å². The van der Waals surface area contributed by atoms with E-state index in [0.29, 0.717) is 12.0 Å². The molecule has 0 radical (unpaired) electrons. The van der Waals surface area contributed by atoms with Crippen molar-refractivity contribution in [1.82, 2.24) is 4.90 Å². The van der Waals surface area contributed by atoms with E-state index in [4.69, 9.17) is 10.5 Å². The number of rotatable bonds is 6. The molecule has 0 bridgehead atoms. The number of ether oxygens (including phenoxy) is 1. The second-order valence-electron chi connectivity index (χ2n) is 6.27. The summed E-state index contributed by atoms with van der Waals surface area (Å²) in [5.74, 6) is 0.702. The van der Waals surface area contributed by atoms with Gasteiger partial charge in [0.15, 0.2) is 0 Å². The molecule has 20 heavy (non-hydrogen) atoms. The SMILES string of the molecule is COCCN1CCC(N)C1c1ccc(CC(C)C)cc1. The fourth-order valence-electron chi connectivity index (χ4n) is 3.12. The van der Waals surface area contributed by atoms with E-state index in [2.05, 4.69) is 43.0 Å². The lowest BCUT2D eigenvalue weighted by Gasteiger charge is -2.27. The topological polar surface area (TPSA) is 38.5 Å². The van der Waals surface area contributed by atoms with Gasteiger partial charge in [-0.2, -0.15) is 0 Å². The van der Waals surface area contributed by atoms with Crippen LogP contribution in [0.1, 0.15) is 37.4 Å². The summed E-state index contributed by atoms with van der Waals surface area (Å²) < 4.78 is 5.20. The van der Waals surface area contributed by atoms with Gasteiger partial charge in [0, 0.05) is 26.2 Å². The van der Waals surface area contributed by atoms with Gasteiger partial charge in [0.25, 0.3) is 0 Å². The lowest BCUT2D eigenvalue weighted by Crippen LogP contribution is -2.33. The number of nitrogens with zero attached hydrogens (tertiary/aromatic N) is 1. The molecular weight excluding hydrogens is 248 g/mol. The first kappa shape index (κ1) is 15.5. The summed E-state index contributed by atoms with van der Waals surface area (Å²) in [6, 6.07) is 9.62. The number of nitrogens with two attached hydrogens (primary N) is 1. The highest BCUT2D eigenvalue weighted by atomic mass is 16.5. The van der Waals surface area contributed by atoms with Crippen LogP contribution in [-0.2, 0) is 11.2 Å². The van der Waals surface area contributed by atoms with Crippen LogP contribution >= 0.6 is 0 Å². The minimum Gasteiger partial charge on any atom is -0.383 e. The molecule has 2 unspecified atom stereocenters. The highest BCUT2D eigenvalue weighted by Gasteiger charge is 2.32. The van der Waals surface area contributed by atoms with Gasteiger partial charge in [0.05, 0.1) is 12.6 Å². The summed E-state index contributed by atoms with van der Waals surface area (Å²) in [6.07, 6.45) is 2.21. The van der Waals surface area contributed by atoms with Gasteiger partial charge in [0.1, 0.15) is 0 Å². The minimum atomic E-state index is 0.239. The van der Waals surface area contributed by atoms with E-state index in [1.807, 2.05) is 0 Å². The Hall–Kier alpha value is -0.900. The lowest BCUT2D eigenvalue weighted by atomic mass is 9.97. The molecule has 1 saturated heterocycles. The molecule has 3 nitrogen and oxygen atoms in total. The maximum absolute atomic E-state index is 6.31. The number of likely N-dealkylation sites (tertiary alicyclic amines) is 1. The maximum Gasteiger partial charge on any atom is 0.0589 e. The summed E-state index contributed by atoms with van der Waals surface area (Å²) in [5, 5.41) is 0. The van der Waals surface area contributed by atoms with Crippen molar-refractivity contribution in [3.63, 3.8) is 0 Å². The molecule has 0 spiro atoms. The normalized spacial score (nSPS) is 23.6.